The molecule has 6 heteroatoms. The molecule has 0 aliphatic heterocycles. The molecule has 0 spiro atoms. The summed E-state index contributed by atoms with van der Waals surface area (Å²) >= 11 is 0. The van der Waals surface area contributed by atoms with Gasteiger partial charge in [-0.3, -0.25) is 10.1 Å². The van der Waals surface area contributed by atoms with E-state index in [1.54, 1.807) is 31.0 Å². The molecule has 78 valence electrons. The predicted octanol–water partition coefficient (Wildman–Crippen LogP) is 1.49. The number of pyridine rings is 1. The Bertz CT molecular complexity index is 603. The van der Waals surface area contributed by atoms with E-state index >= 15 is 0 Å². The molecule has 0 saturated carbocycles. The van der Waals surface area contributed by atoms with Gasteiger partial charge in [0, 0.05) is 18.6 Å². The van der Waals surface area contributed by atoms with E-state index in [1.807, 2.05) is 6.07 Å². The molecule has 0 aromatic carbocycles. The smallest absolute Gasteiger partial charge is 0.157 e. The number of fused-ring (bicyclic) bond motifs is 1. The minimum Gasteiger partial charge on any atom is -0.338 e. The highest BCUT2D eigenvalue weighted by molar-refractivity contribution is 5.89. The number of anilines is 2. The van der Waals surface area contributed by atoms with E-state index in [1.165, 1.54) is 0 Å². The van der Waals surface area contributed by atoms with Crippen molar-refractivity contribution >= 4 is 22.5 Å². The average molecular weight is 212 g/mol. The highest BCUT2D eigenvalue weighted by atomic mass is 15.1. The number of nitrogens with one attached hydrogen (secondary N) is 2. The number of H-pyrrole nitrogens is 1. The van der Waals surface area contributed by atoms with Crippen molar-refractivity contribution < 1.29 is 0 Å². The third-order valence-electron chi connectivity index (χ3n) is 2.18. The van der Waals surface area contributed by atoms with E-state index in [-0.39, 0.29) is 0 Å². The molecule has 0 aliphatic carbocycles. The number of rotatable bonds is 2. The minimum absolute atomic E-state index is 0.691. The molecule has 3 heterocycles. The van der Waals surface area contributed by atoms with Gasteiger partial charge in [0.25, 0.3) is 0 Å². The summed E-state index contributed by atoms with van der Waals surface area (Å²) in [6.07, 6.45) is 8.36. The first-order chi connectivity index (χ1) is 7.93. The van der Waals surface area contributed by atoms with Crippen LogP contribution in [0.5, 0.6) is 0 Å². The zero-order valence-electron chi connectivity index (χ0n) is 8.25. The van der Waals surface area contributed by atoms with Crippen molar-refractivity contribution in [3.63, 3.8) is 0 Å². The first-order valence-corrected chi connectivity index (χ1v) is 4.74. The largest absolute Gasteiger partial charge is 0.338 e. The SMILES string of the molecule is c1cnc(Nc2ccnc3[nH]ncc23)cn1. The number of hydrogen-bond donors (Lipinski definition) is 2. The first-order valence-electron chi connectivity index (χ1n) is 4.74. The van der Waals surface area contributed by atoms with Crippen LogP contribution in [0.15, 0.2) is 37.1 Å². The standard InChI is InChI=1S/C10H8N6/c1-2-13-10-7(5-14-16-10)8(1)15-9-6-11-3-4-12-9/h1-6H,(H2,12,13,14,15,16). The molecule has 3 rings (SSSR count). The average Bonchev–Trinajstić information content (AvgIpc) is 2.80. The Morgan fingerprint density at radius 2 is 2.06 bits per heavy atom. The number of aromatic nitrogens is 5. The van der Waals surface area contributed by atoms with Gasteiger partial charge in [0.15, 0.2) is 5.65 Å². The molecule has 0 atom stereocenters. The van der Waals surface area contributed by atoms with Gasteiger partial charge in [-0.1, -0.05) is 0 Å². The van der Waals surface area contributed by atoms with Gasteiger partial charge < -0.3 is 5.32 Å². The second-order valence-electron chi connectivity index (χ2n) is 3.21. The lowest BCUT2D eigenvalue weighted by Gasteiger charge is -2.04. The summed E-state index contributed by atoms with van der Waals surface area (Å²) in [6, 6.07) is 1.87. The van der Waals surface area contributed by atoms with Gasteiger partial charge in [-0.25, -0.2) is 9.97 Å². The summed E-state index contributed by atoms with van der Waals surface area (Å²) in [5.74, 6) is 0.691. The highest BCUT2D eigenvalue weighted by Gasteiger charge is 2.03. The van der Waals surface area contributed by atoms with E-state index in [4.69, 9.17) is 0 Å². The molecular formula is C10H8N6. The summed E-state index contributed by atoms with van der Waals surface area (Å²) in [5, 5.41) is 10.8. The normalized spacial score (nSPS) is 10.5. The van der Waals surface area contributed by atoms with Crippen LogP contribution >= 0.6 is 0 Å². The lowest BCUT2D eigenvalue weighted by Crippen LogP contribution is -1.94. The molecule has 16 heavy (non-hydrogen) atoms. The molecule has 0 aliphatic rings. The van der Waals surface area contributed by atoms with Crippen molar-refractivity contribution in [2.45, 2.75) is 0 Å². The Kier molecular flexibility index (Phi) is 1.96. The van der Waals surface area contributed by atoms with Crippen LogP contribution in [0.25, 0.3) is 11.0 Å². The molecule has 0 bridgehead atoms. The monoisotopic (exact) mass is 212 g/mol. The molecule has 2 N–H and O–H groups in total. The molecule has 6 nitrogen and oxygen atoms in total. The van der Waals surface area contributed by atoms with Crippen LogP contribution in [0.4, 0.5) is 11.5 Å². The fourth-order valence-electron chi connectivity index (χ4n) is 1.46. The number of aromatic amines is 1. The maximum absolute atomic E-state index is 4.15. The lowest BCUT2D eigenvalue weighted by molar-refractivity contribution is 1.10. The Morgan fingerprint density at radius 3 is 2.94 bits per heavy atom. The van der Waals surface area contributed by atoms with Gasteiger partial charge in [0.05, 0.1) is 23.5 Å². The fraction of sp³-hybridized carbons (Fsp3) is 0. The first kappa shape index (κ1) is 8.78. The van der Waals surface area contributed by atoms with Gasteiger partial charge in [0.1, 0.15) is 5.82 Å². The zero-order chi connectivity index (χ0) is 10.8. The van der Waals surface area contributed by atoms with Crippen molar-refractivity contribution in [3.05, 3.63) is 37.1 Å². The second kappa shape index (κ2) is 3.58. The van der Waals surface area contributed by atoms with Gasteiger partial charge >= 0.3 is 0 Å². The highest BCUT2D eigenvalue weighted by Crippen LogP contribution is 2.21. The van der Waals surface area contributed by atoms with Gasteiger partial charge in [-0.05, 0) is 6.07 Å². The molecule has 0 saturated heterocycles. The maximum Gasteiger partial charge on any atom is 0.157 e. The molecule has 0 radical (unpaired) electrons. The third-order valence-corrected chi connectivity index (χ3v) is 2.18. The summed E-state index contributed by atoms with van der Waals surface area (Å²) in [6.45, 7) is 0. The second-order valence-corrected chi connectivity index (χ2v) is 3.21. The number of hydrogen-bond acceptors (Lipinski definition) is 5. The Balaban J connectivity index is 2.04. The van der Waals surface area contributed by atoms with Crippen LogP contribution in [-0.4, -0.2) is 25.1 Å². The summed E-state index contributed by atoms with van der Waals surface area (Å²) in [7, 11) is 0. The van der Waals surface area contributed by atoms with Crippen LogP contribution in [0, 0.1) is 0 Å². The van der Waals surface area contributed by atoms with E-state index in [0.29, 0.717) is 5.82 Å². The fourth-order valence-corrected chi connectivity index (χ4v) is 1.46. The lowest BCUT2D eigenvalue weighted by atomic mass is 10.3. The summed E-state index contributed by atoms with van der Waals surface area (Å²) < 4.78 is 0. The molecule has 0 fully saturated rings. The molecular weight excluding hydrogens is 204 g/mol. The van der Waals surface area contributed by atoms with Crippen LogP contribution in [0.3, 0.4) is 0 Å². The molecule has 3 aromatic heterocycles. The Morgan fingerprint density at radius 1 is 1.06 bits per heavy atom. The van der Waals surface area contributed by atoms with Crippen molar-refractivity contribution in [2.24, 2.45) is 0 Å². The van der Waals surface area contributed by atoms with Crippen LogP contribution in [0.2, 0.25) is 0 Å². The van der Waals surface area contributed by atoms with Crippen molar-refractivity contribution in [1.82, 2.24) is 25.1 Å². The third kappa shape index (κ3) is 1.46. The predicted molar refractivity (Wildman–Crippen MR) is 59.2 cm³/mol. The quantitative estimate of drug-likeness (QED) is 0.672. The van der Waals surface area contributed by atoms with E-state index in [2.05, 4.69) is 30.5 Å². The van der Waals surface area contributed by atoms with Crippen LogP contribution < -0.4 is 5.32 Å². The van der Waals surface area contributed by atoms with Crippen LogP contribution in [-0.2, 0) is 0 Å². The Labute approximate surface area is 90.8 Å². The number of nitrogens with zero attached hydrogens (tertiary/aromatic N) is 4. The summed E-state index contributed by atoms with van der Waals surface area (Å²) in [4.78, 5) is 12.3. The maximum atomic E-state index is 4.15. The van der Waals surface area contributed by atoms with Crippen LogP contribution in [0.1, 0.15) is 0 Å². The zero-order valence-corrected chi connectivity index (χ0v) is 8.25. The topological polar surface area (TPSA) is 79.4 Å². The summed E-state index contributed by atoms with van der Waals surface area (Å²) in [5.41, 5.74) is 1.65. The van der Waals surface area contributed by atoms with Crippen molar-refractivity contribution in [1.29, 1.82) is 0 Å². The van der Waals surface area contributed by atoms with Gasteiger partial charge in [0.2, 0.25) is 0 Å². The van der Waals surface area contributed by atoms with Crippen molar-refractivity contribution in [2.75, 3.05) is 5.32 Å². The van der Waals surface area contributed by atoms with Gasteiger partial charge in [-0.2, -0.15) is 5.10 Å². The molecule has 0 amide bonds. The minimum atomic E-state index is 0.691. The van der Waals surface area contributed by atoms with E-state index in [9.17, 15) is 0 Å². The molecule has 0 unspecified atom stereocenters. The van der Waals surface area contributed by atoms with Crippen molar-refractivity contribution in [3.8, 4) is 0 Å². The van der Waals surface area contributed by atoms with E-state index in [0.717, 1.165) is 16.7 Å². The Hall–Kier alpha value is -2.50. The molecule has 3 aromatic rings. The van der Waals surface area contributed by atoms with E-state index < -0.39 is 0 Å². The van der Waals surface area contributed by atoms with Gasteiger partial charge in [-0.15, -0.1) is 0 Å².